The molecule has 0 aromatic heterocycles. The van der Waals surface area contributed by atoms with Gasteiger partial charge in [0.25, 0.3) is 11.8 Å². The predicted octanol–water partition coefficient (Wildman–Crippen LogP) is 2.41. The lowest BCUT2D eigenvalue weighted by atomic mass is 9.87. The van der Waals surface area contributed by atoms with E-state index in [0.29, 0.717) is 25.1 Å². The lowest BCUT2D eigenvalue weighted by molar-refractivity contribution is -0.139. The van der Waals surface area contributed by atoms with E-state index < -0.39 is 23.4 Å². The van der Waals surface area contributed by atoms with Crippen LogP contribution in [0.25, 0.3) is 0 Å². The predicted molar refractivity (Wildman–Crippen MR) is 116 cm³/mol. The van der Waals surface area contributed by atoms with E-state index in [1.54, 1.807) is 19.2 Å². The number of carbonyl (C=O) groups is 3. The van der Waals surface area contributed by atoms with Gasteiger partial charge >= 0.3 is 6.03 Å². The van der Waals surface area contributed by atoms with Gasteiger partial charge < -0.3 is 10.1 Å². The number of likely N-dealkylation sites (N-methyl/N-ethyl adjacent to an activating group) is 1. The van der Waals surface area contributed by atoms with E-state index in [1.165, 1.54) is 0 Å². The number of ether oxygens (including phenoxy) is 1. The van der Waals surface area contributed by atoms with Gasteiger partial charge in [-0.05, 0) is 36.2 Å². The SMILES string of the molecule is CCN(CC(=O)NN1C(=O)NC(CC)(c2ccccc2)C1=O)Cc1ccc(OC)cc1. The van der Waals surface area contributed by atoms with E-state index in [0.717, 1.165) is 16.3 Å². The van der Waals surface area contributed by atoms with Crippen LogP contribution in [-0.2, 0) is 21.7 Å². The van der Waals surface area contributed by atoms with E-state index in [-0.39, 0.29) is 6.54 Å². The molecule has 3 rings (SSSR count). The number of methoxy groups -OCH3 is 1. The van der Waals surface area contributed by atoms with Gasteiger partial charge in [0.05, 0.1) is 13.7 Å². The third-order valence-electron chi connectivity index (χ3n) is 5.50. The Hall–Kier alpha value is -3.39. The molecule has 1 aliphatic rings. The third kappa shape index (κ3) is 4.69. The average molecular weight is 425 g/mol. The summed E-state index contributed by atoms with van der Waals surface area (Å²) in [6.07, 6.45) is 0.368. The van der Waals surface area contributed by atoms with Crippen molar-refractivity contribution in [3.05, 3.63) is 65.7 Å². The van der Waals surface area contributed by atoms with Gasteiger partial charge in [-0.1, -0.05) is 56.3 Å². The Morgan fingerprint density at radius 2 is 1.77 bits per heavy atom. The monoisotopic (exact) mass is 424 g/mol. The fraction of sp³-hybridized carbons (Fsp3) is 0.348. The third-order valence-corrected chi connectivity index (χ3v) is 5.50. The summed E-state index contributed by atoms with van der Waals surface area (Å²) in [4.78, 5) is 40.2. The molecule has 2 N–H and O–H groups in total. The van der Waals surface area contributed by atoms with Gasteiger partial charge in [-0.2, -0.15) is 5.01 Å². The largest absolute Gasteiger partial charge is 0.497 e. The zero-order valence-electron chi connectivity index (χ0n) is 18.1. The van der Waals surface area contributed by atoms with Crippen molar-refractivity contribution in [2.24, 2.45) is 0 Å². The van der Waals surface area contributed by atoms with Crippen LogP contribution < -0.4 is 15.5 Å². The van der Waals surface area contributed by atoms with Crippen molar-refractivity contribution in [3.8, 4) is 5.75 Å². The maximum Gasteiger partial charge on any atom is 0.344 e. The quantitative estimate of drug-likeness (QED) is 0.604. The molecule has 1 aliphatic heterocycles. The Morgan fingerprint density at radius 3 is 2.35 bits per heavy atom. The molecule has 2 aromatic rings. The number of amides is 4. The van der Waals surface area contributed by atoms with Gasteiger partial charge in [0, 0.05) is 6.54 Å². The van der Waals surface area contributed by atoms with Crippen LogP contribution in [0.5, 0.6) is 5.75 Å². The van der Waals surface area contributed by atoms with Crippen LogP contribution in [0.4, 0.5) is 4.79 Å². The minimum absolute atomic E-state index is 0.0457. The molecule has 0 saturated carbocycles. The van der Waals surface area contributed by atoms with Crippen LogP contribution in [0.2, 0.25) is 0 Å². The summed E-state index contributed by atoms with van der Waals surface area (Å²) in [5.41, 5.74) is 3.01. The zero-order chi connectivity index (χ0) is 22.4. The van der Waals surface area contributed by atoms with Crippen molar-refractivity contribution in [2.45, 2.75) is 32.4 Å². The normalized spacial score (nSPS) is 18.3. The first kappa shape index (κ1) is 22.3. The number of hydrogen-bond acceptors (Lipinski definition) is 5. The number of rotatable bonds is 9. The number of hydrogen-bond donors (Lipinski definition) is 2. The first-order valence-electron chi connectivity index (χ1n) is 10.3. The van der Waals surface area contributed by atoms with Crippen molar-refractivity contribution in [1.82, 2.24) is 20.7 Å². The van der Waals surface area contributed by atoms with Crippen LogP contribution >= 0.6 is 0 Å². The zero-order valence-corrected chi connectivity index (χ0v) is 18.1. The standard InChI is InChI=1S/C23H28N4O4/c1-4-23(18-9-7-6-8-10-18)21(29)27(22(30)24-23)25-20(28)16-26(5-2)15-17-11-13-19(31-3)14-12-17/h6-14H,4-5,15-16H2,1-3H3,(H,24,30)(H,25,28). The number of nitrogens with zero attached hydrogens (tertiary/aromatic N) is 2. The first-order valence-corrected chi connectivity index (χ1v) is 10.3. The minimum Gasteiger partial charge on any atom is -0.497 e. The summed E-state index contributed by atoms with van der Waals surface area (Å²) in [5, 5.41) is 3.55. The second-order valence-corrected chi connectivity index (χ2v) is 7.38. The van der Waals surface area contributed by atoms with Crippen LogP contribution in [-0.4, -0.2) is 48.0 Å². The molecule has 1 saturated heterocycles. The van der Waals surface area contributed by atoms with Gasteiger partial charge in [0.15, 0.2) is 0 Å². The highest BCUT2D eigenvalue weighted by Gasteiger charge is 2.52. The molecule has 1 heterocycles. The fourth-order valence-electron chi connectivity index (χ4n) is 3.67. The summed E-state index contributed by atoms with van der Waals surface area (Å²) in [6.45, 7) is 5.00. The minimum atomic E-state index is -1.18. The topological polar surface area (TPSA) is 91.0 Å². The van der Waals surface area contributed by atoms with Crippen molar-refractivity contribution in [1.29, 1.82) is 0 Å². The summed E-state index contributed by atoms with van der Waals surface area (Å²) < 4.78 is 5.16. The molecule has 1 fully saturated rings. The molecule has 8 nitrogen and oxygen atoms in total. The number of hydrazine groups is 1. The Kier molecular flexibility index (Phi) is 6.91. The van der Waals surface area contributed by atoms with E-state index >= 15 is 0 Å². The van der Waals surface area contributed by atoms with Gasteiger partial charge in [0.2, 0.25) is 0 Å². The van der Waals surface area contributed by atoms with E-state index in [4.69, 9.17) is 4.74 Å². The number of nitrogens with one attached hydrogen (secondary N) is 2. The lowest BCUT2D eigenvalue weighted by Gasteiger charge is -2.26. The summed E-state index contributed by atoms with van der Waals surface area (Å²) in [5.74, 6) is -0.155. The Labute approximate surface area is 182 Å². The van der Waals surface area contributed by atoms with Crippen molar-refractivity contribution in [3.63, 3.8) is 0 Å². The molecule has 0 aliphatic carbocycles. The number of benzene rings is 2. The van der Waals surface area contributed by atoms with Crippen LogP contribution in [0.3, 0.4) is 0 Å². The molecule has 1 unspecified atom stereocenters. The van der Waals surface area contributed by atoms with Crippen molar-refractivity contribution >= 4 is 17.8 Å². The number of imide groups is 1. The molecule has 8 heteroatoms. The van der Waals surface area contributed by atoms with E-state index in [9.17, 15) is 14.4 Å². The lowest BCUT2D eigenvalue weighted by Crippen LogP contribution is -2.51. The van der Waals surface area contributed by atoms with Gasteiger partial charge in [-0.25, -0.2) is 4.79 Å². The fourth-order valence-corrected chi connectivity index (χ4v) is 3.67. The highest BCUT2D eigenvalue weighted by atomic mass is 16.5. The maximum atomic E-state index is 13.1. The molecule has 0 radical (unpaired) electrons. The van der Waals surface area contributed by atoms with Crippen molar-refractivity contribution in [2.75, 3.05) is 20.2 Å². The molecular formula is C23H28N4O4. The van der Waals surface area contributed by atoms with Gasteiger partial charge in [-0.15, -0.1) is 0 Å². The molecular weight excluding hydrogens is 396 g/mol. The average Bonchev–Trinajstić information content (AvgIpc) is 3.04. The number of carbonyl (C=O) groups excluding carboxylic acids is 3. The number of urea groups is 1. The second kappa shape index (κ2) is 9.61. The van der Waals surface area contributed by atoms with Crippen LogP contribution in [0.15, 0.2) is 54.6 Å². The molecule has 1 atom stereocenters. The highest BCUT2D eigenvalue weighted by molar-refractivity contribution is 6.08. The first-order chi connectivity index (χ1) is 14.9. The Bertz CT molecular complexity index is 932. The maximum absolute atomic E-state index is 13.1. The second-order valence-electron chi connectivity index (χ2n) is 7.38. The highest BCUT2D eigenvalue weighted by Crippen LogP contribution is 2.31. The van der Waals surface area contributed by atoms with E-state index in [2.05, 4.69) is 10.7 Å². The van der Waals surface area contributed by atoms with Crippen LogP contribution in [0.1, 0.15) is 31.4 Å². The summed E-state index contributed by atoms with van der Waals surface area (Å²) >= 11 is 0. The van der Waals surface area contributed by atoms with Gasteiger partial charge in [0.1, 0.15) is 11.3 Å². The molecule has 2 aromatic carbocycles. The molecule has 0 spiro atoms. The van der Waals surface area contributed by atoms with Gasteiger partial charge in [-0.3, -0.25) is 19.9 Å². The Morgan fingerprint density at radius 1 is 1.10 bits per heavy atom. The molecule has 164 valence electrons. The summed E-state index contributed by atoms with van der Waals surface area (Å²) in [6, 6.07) is 16.0. The molecule has 31 heavy (non-hydrogen) atoms. The molecule has 0 bridgehead atoms. The smallest absolute Gasteiger partial charge is 0.344 e. The van der Waals surface area contributed by atoms with E-state index in [1.807, 2.05) is 61.2 Å². The van der Waals surface area contributed by atoms with Crippen molar-refractivity contribution < 1.29 is 19.1 Å². The van der Waals surface area contributed by atoms with Crippen LogP contribution in [0, 0.1) is 0 Å². The Balaban J connectivity index is 1.66. The summed E-state index contributed by atoms with van der Waals surface area (Å²) in [7, 11) is 1.61. The molecule has 4 amide bonds.